The van der Waals surface area contributed by atoms with Gasteiger partial charge in [-0.3, -0.25) is 0 Å². The van der Waals surface area contributed by atoms with Gasteiger partial charge in [0, 0.05) is 10.9 Å². The van der Waals surface area contributed by atoms with Gasteiger partial charge in [0.05, 0.1) is 0 Å². The van der Waals surface area contributed by atoms with Crippen LogP contribution in [0.3, 0.4) is 0 Å². The third kappa shape index (κ3) is 3.51. The molecule has 0 bridgehead atoms. The first-order chi connectivity index (χ1) is 12.1. The van der Waals surface area contributed by atoms with Crippen LogP contribution in [0.2, 0.25) is 0 Å². The van der Waals surface area contributed by atoms with Crippen LogP contribution < -0.4 is 4.74 Å². The van der Waals surface area contributed by atoms with Crippen LogP contribution in [0.5, 0.6) is 11.5 Å². The van der Waals surface area contributed by atoms with Gasteiger partial charge in [0.25, 0.3) is 0 Å². The number of hydrogen-bond donors (Lipinski definition) is 0. The van der Waals surface area contributed by atoms with E-state index in [2.05, 4.69) is 69.8 Å². The van der Waals surface area contributed by atoms with Gasteiger partial charge in [0.1, 0.15) is 11.5 Å². The number of fused-ring (bicyclic) bond motifs is 1. The first-order valence-corrected chi connectivity index (χ1v) is 8.73. The zero-order valence-electron chi connectivity index (χ0n) is 15.2. The van der Waals surface area contributed by atoms with Crippen molar-refractivity contribution in [3.05, 3.63) is 83.4 Å². The first-order valence-electron chi connectivity index (χ1n) is 8.73. The number of benzene rings is 3. The van der Waals surface area contributed by atoms with Crippen molar-refractivity contribution in [2.45, 2.75) is 27.2 Å². The summed E-state index contributed by atoms with van der Waals surface area (Å²) in [5.41, 5.74) is 4.73. The Morgan fingerprint density at radius 1 is 0.920 bits per heavy atom. The Morgan fingerprint density at radius 2 is 1.60 bits per heavy atom. The zero-order chi connectivity index (χ0) is 17.8. The van der Waals surface area contributed by atoms with E-state index >= 15 is 0 Å². The zero-order valence-corrected chi connectivity index (χ0v) is 15.2. The molecule has 0 radical (unpaired) electrons. The molecule has 3 aromatic rings. The fraction of sp³-hybridized carbons (Fsp3) is 0.167. The molecule has 0 spiro atoms. The van der Waals surface area contributed by atoms with Crippen LogP contribution >= 0.6 is 0 Å². The van der Waals surface area contributed by atoms with Crippen molar-refractivity contribution in [2.75, 3.05) is 0 Å². The third-order valence-corrected chi connectivity index (χ3v) is 4.32. The lowest BCUT2D eigenvalue weighted by Crippen LogP contribution is -1.92. The minimum Gasteiger partial charge on any atom is -0.456 e. The minimum atomic E-state index is 0.833. The van der Waals surface area contributed by atoms with Crippen molar-refractivity contribution >= 4 is 22.9 Å². The fourth-order valence-electron chi connectivity index (χ4n) is 3.17. The van der Waals surface area contributed by atoms with Crippen LogP contribution in [0.25, 0.3) is 22.9 Å². The van der Waals surface area contributed by atoms with E-state index in [-0.39, 0.29) is 0 Å². The van der Waals surface area contributed by atoms with Crippen molar-refractivity contribution in [1.82, 2.24) is 0 Å². The lowest BCUT2D eigenvalue weighted by atomic mass is 10.0. The Morgan fingerprint density at radius 3 is 2.32 bits per heavy atom. The second-order valence-corrected chi connectivity index (χ2v) is 6.41. The summed E-state index contributed by atoms with van der Waals surface area (Å²) in [5.74, 6) is 1.71. The predicted octanol–water partition coefficient (Wildman–Crippen LogP) is 7.26. The van der Waals surface area contributed by atoms with Gasteiger partial charge < -0.3 is 4.74 Å². The van der Waals surface area contributed by atoms with Crippen LogP contribution in [0.4, 0.5) is 0 Å². The molecule has 0 aliphatic rings. The largest absolute Gasteiger partial charge is 0.456 e. The molecule has 0 N–H and O–H groups in total. The molecule has 0 heterocycles. The maximum atomic E-state index is 6.33. The maximum absolute atomic E-state index is 6.33. The Labute approximate surface area is 150 Å². The number of aryl methyl sites for hydroxylation is 1. The molecule has 0 amide bonds. The quantitative estimate of drug-likeness (QED) is 0.479. The Bertz CT molecular complexity index is 943. The summed E-state index contributed by atoms with van der Waals surface area (Å²) in [6, 6.07) is 18.8. The summed E-state index contributed by atoms with van der Waals surface area (Å²) < 4.78 is 6.33. The molecule has 1 heteroatoms. The highest BCUT2D eigenvalue weighted by Gasteiger charge is 2.10. The van der Waals surface area contributed by atoms with Gasteiger partial charge in [0.15, 0.2) is 0 Å². The molecule has 0 atom stereocenters. The number of allylic oxidation sites excluding steroid dienone is 1. The molecule has 0 aromatic heterocycles. The maximum Gasteiger partial charge on any atom is 0.135 e. The lowest BCUT2D eigenvalue weighted by Gasteiger charge is -2.14. The highest BCUT2D eigenvalue weighted by Crippen LogP contribution is 2.35. The van der Waals surface area contributed by atoms with Gasteiger partial charge in [-0.15, -0.1) is 0 Å². The van der Waals surface area contributed by atoms with Crippen molar-refractivity contribution < 1.29 is 4.74 Å². The minimum absolute atomic E-state index is 0.833. The number of rotatable bonds is 5. The van der Waals surface area contributed by atoms with Gasteiger partial charge in [-0.05, 0) is 48.9 Å². The van der Waals surface area contributed by atoms with Crippen LogP contribution in [0.15, 0.2) is 66.7 Å². The third-order valence-electron chi connectivity index (χ3n) is 4.32. The molecular weight excluding hydrogens is 304 g/mol. The molecule has 126 valence electrons. The average Bonchev–Trinajstić information content (AvgIpc) is 2.61. The summed E-state index contributed by atoms with van der Waals surface area (Å²) in [6.45, 7) is 10.4. The molecule has 0 aliphatic carbocycles. The predicted molar refractivity (Wildman–Crippen MR) is 109 cm³/mol. The highest BCUT2D eigenvalue weighted by atomic mass is 16.5. The second-order valence-electron chi connectivity index (χ2n) is 6.41. The molecule has 3 aromatic carbocycles. The van der Waals surface area contributed by atoms with Gasteiger partial charge in [0.2, 0.25) is 0 Å². The van der Waals surface area contributed by atoms with Crippen molar-refractivity contribution in [1.29, 1.82) is 0 Å². The normalized spacial score (nSPS) is 10.5. The van der Waals surface area contributed by atoms with Crippen LogP contribution in [0.1, 0.15) is 37.5 Å². The molecule has 25 heavy (non-hydrogen) atoms. The average molecular weight is 328 g/mol. The van der Waals surface area contributed by atoms with E-state index in [0.717, 1.165) is 34.4 Å². The standard InChI is InChI=1S/C24H24O/c1-5-18-10-7-13-22-21(18)12-9-15-24(22)25-23-14-8-11-19(16-17(3)4)20(23)6-2/h6-16H,2,5H2,1,3-4H3. The Balaban J connectivity index is 2.11. The number of hydrogen-bond acceptors (Lipinski definition) is 1. The van der Waals surface area contributed by atoms with Gasteiger partial charge in [-0.25, -0.2) is 0 Å². The fourth-order valence-corrected chi connectivity index (χ4v) is 3.17. The monoisotopic (exact) mass is 328 g/mol. The molecule has 0 saturated carbocycles. The summed E-state index contributed by atoms with van der Waals surface area (Å²) in [5, 5.41) is 2.40. The van der Waals surface area contributed by atoms with Crippen molar-refractivity contribution in [3.8, 4) is 11.5 Å². The van der Waals surface area contributed by atoms with Gasteiger partial charge in [-0.1, -0.05) is 73.7 Å². The molecule has 0 unspecified atom stereocenters. The molecule has 0 saturated heterocycles. The Kier molecular flexibility index (Phi) is 5.04. The molecular formula is C24H24O. The summed E-state index contributed by atoms with van der Waals surface area (Å²) in [7, 11) is 0. The van der Waals surface area contributed by atoms with Crippen LogP contribution in [0, 0.1) is 0 Å². The van der Waals surface area contributed by atoms with E-state index in [0.29, 0.717) is 0 Å². The molecule has 0 aliphatic heterocycles. The smallest absolute Gasteiger partial charge is 0.135 e. The van der Waals surface area contributed by atoms with Crippen molar-refractivity contribution in [2.24, 2.45) is 0 Å². The van der Waals surface area contributed by atoms with E-state index in [1.165, 1.54) is 16.5 Å². The van der Waals surface area contributed by atoms with E-state index in [1.807, 2.05) is 24.3 Å². The first kappa shape index (κ1) is 17.0. The van der Waals surface area contributed by atoms with E-state index < -0.39 is 0 Å². The van der Waals surface area contributed by atoms with E-state index in [4.69, 9.17) is 4.74 Å². The van der Waals surface area contributed by atoms with Gasteiger partial charge in [-0.2, -0.15) is 0 Å². The molecule has 0 fully saturated rings. The van der Waals surface area contributed by atoms with Gasteiger partial charge >= 0.3 is 0 Å². The second kappa shape index (κ2) is 7.40. The Hall–Kier alpha value is -2.80. The number of ether oxygens (including phenoxy) is 1. The summed E-state index contributed by atoms with van der Waals surface area (Å²) in [4.78, 5) is 0. The lowest BCUT2D eigenvalue weighted by molar-refractivity contribution is 0.487. The summed E-state index contributed by atoms with van der Waals surface area (Å²) in [6.07, 6.45) is 5.03. The van der Waals surface area contributed by atoms with Crippen LogP contribution in [-0.2, 0) is 6.42 Å². The van der Waals surface area contributed by atoms with Crippen LogP contribution in [-0.4, -0.2) is 0 Å². The van der Waals surface area contributed by atoms with E-state index in [1.54, 1.807) is 0 Å². The topological polar surface area (TPSA) is 9.23 Å². The molecule has 3 rings (SSSR count). The van der Waals surface area contributed by atoms with Crippen molar-refractivity contribution in [3.63, 3.8) is 0 Å². The molecule has 1 nitrogen and oxygen atoms in total. The SMILES string of the molecule is C=Cc1c(C=C(C)C)cccc1Oc1cccc2c(CC)cccc12. The highest BCUT2D eigenvalue weighted by molar-refractivity contribution is 5.91. The van der Waals surface area contributed by atoms with E-state index in [9.17, 15) is 0 Å². The summed E-state index contributed by atoms with van der Waals surface area (Å²) >= 11 is 0.